The van der Waals surface area contributed by atoms with E-state index < -0.39 is 10.1 Å². The van der Waals surface area contributed by atoms with Crippen LogP contribution in [0.15, 0.2) is 50.7 Å². The molecule has 0 unspecified atom stereocenters. The molecule has 0 aliphatic rings. The third kappa shape index (κ3) is 3.55. The molecule has 0 bridgehead atoms. The molecule has 0 fully saturated rings. The Kier molecular flexibility index (Phi) is 5.08. The predicted octanol–water partition coefficient (Wildman–Crippen LogP) is 4.66. The van der Waals surface area contributed by atoms with Gasteiger partial charge in [0.1, 0.15) is 17.6 Å². The molecule has 3 rings (SSSR count). The lowest BCUT2D eigenvalue weighted by Crippen LogP contribution is -2.11. The first-order chi connectivity index (χ1) is 13.0. The highest BCUT2D eigenvalue weighted by Gasteiger charge is 2.24. The van der Waals surface area contributed by atoms with E-state index in [9.17, 15) is 22.9 Å². The second-order valence-electron chi connectivity index (χ2n) is 7.42. The third-order valence-corrected chi connectivity index (χ3v) is 5.66. The van der Waals surface area contributed by atoms with Gasteiger partial charge in [-0.1, -0.05) is 33.8 Å². The fourth-order valence-electron chi connectivity index (χ4n) is 3.30. The minimum atomic E-state index is -4.48. The summed E-state index contributed by atoms with van der Waals surface area (Å²) < 4.78 is 39.2. The van der Waals surface area contributed by atoms with Gasteiger partial charge in [0.25, 0.3) is 10.1 Å². The van der Waals surface area contributed by atoms with Crippen molar-refractivity contribution in [2.45, 2.75) is 44.4 Å². The van der Waals surface area contributed by atoms with Crippen LogP contribution in [0.4, 0.5) is 0 Å². The lowest BCUT2D eigenvalue weighted by molar-refractivity contribution is 0.474. The first-order valence-corrected chi connectivity index (χ1v) is 10.3. The predicted molar refractivity (Wildman–Crippen MR) is 108 cm³/mol. The minimum absolute atomic E-state index is 0.00198. The Bertz CT molecular complexity index is 1220. The van der Waals surface area contributed by atoms with Crippen molar-refractivity contribution < 1.29 is 22.5 Å². The van der Waals surface area contributed by atoms with Gasteiger partial charge in [-0.25, -0.2) is 0 Å². The standard InChI is InChI=1S/C21H22O6S/c1-11(2)15-8-16(12(3)4)20(28(24,25)26)9-17(15)18-10-27-19-7-13(22)5-6-14(19)21(18)23/h5-12,22H,1-4H3,(H,24,25,26). The zero-order valence-corrected chi connectivity index (χ0v) is 16.9. The van der Waals surface area contributed by atoms with E-state index in [1.54, 1.807) is 6.07 Å². The van der Waals surface area contributed by atoms with E-state index in [-0.39, 0.29) is 44.4 Å². The summed E-state index contributed by atoms with van der Waals surface area (Å²) in [4.78, 5) is 12.8. The van der Waals surface area contributed by atoms with E-state index in [0.29, 0.717) is 11.1 Å². The molecule has 7 heteroatoms. The highest BCUT2D eigenvalue weighted by atomic mass is 32.2. The molecule has 6 nitrogen and oxygen atoms in total. The molecule has 1 heterocycles. The molecule has 0 aliphatic carbocycles. The van der Waals surface area contributed by atoms with Crippen LogP contribution < -0.4 is 5.43 Å². The van der Waals surface area contributed by atoms with Gasteiger partial charge in [0, 0.05) is 6.07 Å². The van der Waals surface area contributed by atoms with Gasteiger partial charge in [-0.15, -0.1) is 0 Å². The maximum absolute atomic E-state index is 13.0. The van der Waals surface area contributed by atoms with Crippen molar-refractivity contribution >= 4 is 21.1 Å². The molecule has 2 N–H and O–H groups in total. The van der Waals surface area contributed by atoms with E-state index in [1.165, 1.54) is 30.5 Å². The third-order valence-electron chi connectivity index (χ3n) is 4.75. The van der Waals surface area contributed by atoms with Crippen LogP contribution >= 0.6 is 0 Å². The van der Waals surface area contributed by atoms with Crippen LogP contribution in [0.5, 0.6) is 5.75 Å². The summed E-state index contributed by atoms with van der Waals surface area (Å²) in [6.07, 6.45) is 1.26. The largest absolute Gasteiger partial charge is 0.508 e. The van der Waals surface area contributed by atoms with Crippen molar-refractivity contribution in [2.24, 2.45) is 0 Å². The van der Waals surface area contributed by atoms with Gasteiger partial charge in [0.05, 0.1) is 15.8 Å². The summed E-state index contributed by atoms with van der Waals surface area (Å²) in [6.45, 7) is 7.56. The number of hydrogen-bond donors (Lipinski definition) is 2. The lowest BCUT2D eigenvalue weighted by atomic mass is 9.88. The summed E-state index contributed by atoms with van der Waals surface area (Å²) in [7, 11) is -4.48. The zero-order chi connectivity index (χ0) is 20.8. The zero-order valence-electron chi connectivity index (χ0n) is 16.1. The van der Waals surface area contributed by atoms with Crippen LogP contribution in [0.25, 0.3) is 22.1 Å². The van der Waals surface area contributed by atoms with Crippen LogP contribution in [0.1, 0.15) is 50.7 Å². The van der Waals surface area contributed by atoms with Gasteiger partial charge in [-0.3, -0.25) is 9.35 Å². The van der Waals surface area contributed by atoms with E-state index in [1.807, 2.05) is 27.7 Å². The van der Waals surface area contributed by atoms with Crippen molar-refractivity contribution in [3.05, 3.63) is 57.9 Å². The Hall–Kier alpha value is -2.64. The Morgan fingerprint density at radius 2 is 1.57 bits per heavy atom. The minimum Gasteiger partial charge on any atom is -0.508 e. The van der Waals surface area contributed by atoms with Crippen LogP contribution in [0.2, 0.25) is 0 Å². The van der Waals surface area contributed by atoms with E-state index in [4.69, 9.17) is 4.42 Å². The van der Waals surface area contributed by atoms with Gasteiger partial charge in [-0.05, 0) is 46.7 Å². The van der Waals surface area contributed by atoms with Crippen LogP contribution in [0, 0.1) is 0 Å². The fourth-order valence-corrected chi connectivity index (χ4v) is 4.16. The lowest BCUT2D eigenvalue weighted by Gasteiger charge is -2.19. The molecule has 0 saturated heterocycles. The van der Waals surface area contributed by atoms with Gasteiger partial charge >= 0.3 is 0 Å². The number of phenols is 1. The van der Waals surface area contributed by atoms with Crippen LogP contribution in [0.3, 0.4) is 0 Å². The molecular weight excluding hydrogens is 380 g/mol. The first-order valence-electron chi connectivity index (χ1n) is 8.91. The average molecular weight is 402 g/mol. The normalized spacial score (nSPS) is 12.2. The molecule has 28 heavy (non-hydrogen) atoms. The molecule has 0 saturated carbocycles. The van der Waals surface area contributed by atoms with Crippen molar-refractivity contribution in [2.75, 3.05) is 0 Å². The second kappa shape index (κ2) is 7.07. The van der Waals surface area contributed by atoms with Gasteiger partial charge in [0.2, 0.25) is 5.43 Å². The van der Waals surface area contributed by atoms with Crippen molar-refractivity contribution in [3.63, 3.8) is 0 Å². The van der Waals surface area contributed by atoms with Crippen molar-refractivity contribution in [1.82, 2.24) is 0 Å². The van der Waals surface area contributed by atoms with Gasteiger partial charge in [0.15, 0.2) is 0 Å². The maximum Gasteiger partial charge on any atom is 0.294 e. The highest BCUT2D eigenvalue weighted by Crippen LogP contribution is 2.36. The Balaban J connectivity index is 2.41. The van der Waals surface area contributed by atoms with Gasteiger partial charge in [-0.2, -0.15) is 8.42 Å². The number of aromatic hydroxyl groups is 1. The Morgan fingerprint density at radius 3 is 2.14 bits per heavy atom. The smallest absolute Gasteiger partial charge is 0.294 e. The number of benzene rings is 2. The van der Waals surface area contributed by atoms with E-state index in [2.05, 4.69) is 0 Å². The summed E-state index contributed by atoms with van der Waals surface area (Å²) in [5.74, 6) is -0.168. The molecule has 0 radical (unpaired) electrons. The summed E-state index contributed by atoms with van der Waals surface area (Å²) in [5.41, 5.74) is 1.75. The molecule has 0 spiro atoms. The Morgan fingerprint density at radius 1 is 0.929 bits per heavy atom. The van der Waals surface area contributed by atoms with E-state index in [0.717, 1.165) is 5.56 Å². The highest BCUT2D eigenvalue weighted by molar-refractivity contribution is 7.85. The molecule has 1 aromatic heterocycles. The maximum atomic E-state index is 13.0. The fraction of sp³-hybridized carbons (Fsp3) is 0.286. The molecule has 3 aromatic rings. The number of hydrogen-bond acceptors (Lipinski definition) is 5. The van der Waals surface area contributed by atoms with Crippen molar-refractivity contribution in [3.8, 4) is 16.9 Å². The number of rotatable bonds is 4. The quantitative estimate of drug-likeness (QED) is 0.615. The summed E-state index contributed by atoms with van der Waals surface area (Å²) >= 11 is 0. The monoisotopic (exact) mass is 402 g/mol. The molecule has 0 aliphatic heterocycles. The number of fused-ring (bicyclic) bond motifs is 1. The molecule has 148 valence electrons. The number of phenolic OH excluding ortho intramolecular Hbond substituents is 1. The SMILES string of the molecule is CC(C)c1cc(C(C)C)c(S(=O)(=O)O)cc1-c1coc2cc(O)ccc2c1=O. The van der Waals surface area contributed by atoms with Crippen LogP contribution in [-0.2, 0) is 10.1 Å². The molecular formula is C21H22O6S. The van der Waals surface area contributed by atoms with Gasteiger partial charge < -0.3 is 9.52 Å². The molecule has 2 aromatic carbocycles. The average Bonchev–Trinajstić information content (AvgIpc) is 2.60. The van der Waals surface area contributed by atoms with E-state index >= 15 is 0 Å². The van der Waals surface area contributed by atoms with Crippen molar-refractivity contribution in [1.29, 1.82) is 0 Å². The second-order valence-corrected chi connectivity index (χ2v) is 8.81. The Labute approximate surface area is 163 Å². The molecule has 0 amide bonds. The molecule has 0 atom stereocenters. The summed E-state index contributed by atoms with van der Waals surface area (Å²) in [5, 5.41) is 9.85. The topological polar surface area (TPSA) is 105 Å². The van der Waals surface area contributed by atoms with Crippen LogP contribution in [-0.4, -0.2) is 18.1 Å². The summed E-state index contributed by atoms with van der Waals surface area (Å²) in [6, 6.07) is 7.27. The first kappa shape index (κ1) is 20.1.